The third-order valence-electron chi connectivity index (χ3n) is 4.56. The Bertz CT molecular complexity index is 394. The molecule has 2 rings (SSSR count). The highest BCUT2D eigenvalue weighted by molar-refractivity contribution is 5.74. The number of carbonyl (C=O) groups excluding carboxylic acids is 1. The number of amides is 2. The number of carboxylic acids is 1. The minimum absolute atomic E-state index is 0.0671. The molecule has 7 heteroatoms. The summed E-state index contributed by atoms with van der Waals surface area (Å²) < 4.78 is 5.15. The summed E-state index contributed by atoms with van der Waals surface area (Å²) >= 11 is 0. The second kappa shape index (κ2) is 7.78. The quantitative estimate of drug-likeness (QED) is 0.581. The number of hydrogen-bond acceptors (Lipinski definition) is 4. The molecule has 0 aromatic carbocycles. The fourth-order valence-electron chi connectivity index (χ4n) is 3.05. The monoisotopic (exact) mass is 313 g/mol. The third kappa shape index (κ3) is 4.84. The summed E-state index contributed by atoms with van der Waals surface area (Å²) in [6.45, 7) is 3.29. The molecule has 0 aromatic heterocycles. The van der Waals surface area contributed by atoms with Crippen LogP contribution in [-0.4, -0.2) is 66.9 Å². The first kappa shape index (κ1) is 17.0. The van der Waals surface area contributed by atoms with E-state index in [9.17, 15) is 9.59 Å². The standard InChI is InChI=1S/C15H27N3O4/c1-3-18(8-14(19)20)12-6-11(7-12)16-15(21)17-13(9-22-2)10-4-5-10/h10-13H,3-9H2,1-2H3,(H,19,20)(H2,16,17,21). The van der Waals surface area contributed by atoms with Gasteiger partial charge in [0.05, 0.1) is 19.2 Å². The number of nitrogens with zero attached hydrogens (tertiary/aromatic N) is 1. The Balaban J connectivity index is 1.67. The van der Waals surface area contributed by atoms with Crippen LogP contribution >= 0.6 is 0 Å². The van der Waals surface area contributed by atoms with Gasteiger partial charge in [-0.25, -0.2) is 4.79 Å². The van der Waals surface area contributed by atoms with E-state index in [1.54, 1.807) is 7.11 Å². The summed E-state index contributed by atoms with van der Waals surface area (Å²) in [6.07, 6.45) is 3.93. The summed E-state index contributed by atoms with van der Waals surface area (Å²) in [5.41, 5.74) is 0. The van der Waals surface area contributed by atoms with Crippen LogP contribution < -0.4 is 10.6 Å². The highest BCUT2D eigenvalue weighted by Crippen LogP contribution is 2.32. The molecule has 0 aliphatic heterocycles. The van der Waals surface area contributed by atoms with Crippen LogP contribution in [0, 0.1) is 5.92 Å². The molecule has 3 N–H and O–H groups in total. The molecular weight excluding hydrogens is 286 g/mol. The SMILES string of the molecule is CCN(CC(=O)O)C1CC(NC(=O)NC(COC)C2CC2)C1. The van der Waals surface area contributed by atoms with Crippen LogP contribution in [0.25, 0.3) is 0 Å². The van der Waals surface area contributed by atoms with Crippen LogP contribution in [0.5, 0.6) is 0 Å². The van der Waals surface area contributed by atoms with Gasteiger partial charge in [-0.05, 0) is 38.1 Å². The molecule has 2 aliphatic rings. The van der Waals surface area contributed by atoms with E-state index < -0.39 is 5.97 Å². The summed E-state index contributed by atoms with van der Waals surface area (Å²) in [5.74, 6) is -0.256. The zero-order chi connectivity index (χ0) is 16.1. The lowest BCUT2D eigenvalue weighted by Crippen LogP contribution is -2.57. The van der Waals surface area contributed by atoms with E-state index in [1.165, 1.54) is 0 Å². The van der Waals surface area contributed by atoms with E-state index in [1.807, 2.05) is 11.8 Å². The van der Waals surface area contributed by atoms with Crippen molar-refractivity contribution in [1.29, 1.82) is 0 Å². The molecule has 0 bridgehead atoms. The number of likely N-dealkylation sites (N-methyl/N-ethyl adjacent to an activating group) is 1. The maximum absolute atomic E-state index is 12.0. The molecule has 2 aliphatic carbocycles. The molecule has 126 valence electrons. The molecule has 2 fully saturated rings. The lowest BCUT2D eigenvalue weighted by atomic mass is 9.85. The van der Waals surface area contributed by atoms with Crippen molar-refractivity contribution in [2.45, 2.75) is 50.7 Å². The van der Waals surface area contributed by atoms with Crippen molar-refractivity contribution in [3.63, 3.8) is 0 Å². The summed E-state index contributed by atoms with van der Waals surface area (Å²) in [5, 5.41) is 14.8. The topological polar surface area (TPSA) is 90.9 Å². The molecule has 0 spiro atoms. The first-order valence-electron chi connectivity index (χ1n) is 8.05. The highest BCUT2D eigenvalue weighted by atomic mass is 16.5. The molecule has 22 heavy (non-hydrogen) atoms. The van der Waals surface area contributed by atoms with Gasteiger partial charge in [0.25, 0.3) is 0 Å². The molecule has 0 heterocycles. The van der Waals surface area contributed by atoms with Crippen LogP contribution in [-0.2, 0) is 9.53 Å². The van der Waals surface area contributed by atoms with Crippen LogP contribution in [0.1, 0.15) is 32.6 Å². The number of hydrogen-bond donors (Lipinski definition) is 3. The number of ether oxygens (including phenoxy) is 1. The fourth-order valence-corrected chi connectivity index (χ4v) is 3.05. The Hall–Kier alpha value is -1.34. The number of nitrogens with one attached hydrogen (secondary N) is 2. The second-order valence-electron chi connectivity index (χ2n) is 6.30. The first-order chi connectivity index (χ1) is 10.5. The number of aliphatic carboxylic acids is 1. The number of rotatable bonds is 9. The van der Waals surface area contributed by atoms with Gasteiger partial charge in [-0.3, -0.25) is 9.69 Å². The molecule has 2 saturated carbocycles. The third-order valence-corrected chi connectivity index (χ3v) is 4.56. The minimum Gasteiger partial charge on any atom is -0.480 e. The lowest BCUT2D eigenvalue weighted by molar-refractivity contribution is -0.139. The zero-order valence-electron chi connectivity index (χ0n) is 13.4. The van der Waals surface area contributed by atoms with E-state index in [2.05, 4.69) is 10.6 Å². The second-order valence-corrected chi connectivity index (χ2v) is 6.30. The molecule has 0 saturated heterocycles. The highest BCUT2D eigenvalue weighted by Gasteiger charge is 2.36. The predicted molar refractivity (Wildman–Crippen MR) is 81.7 cm³/mol. The van der Waals surface area contributed by atoms with Crippen LogP contribution in [0.2, 0.25) is 0 Å². The fraction of sp³-hybridized carbons (Fsp3) is 0.867. The predicted octanol–water partition coefficient (Wildman–Crippen LogP) is 0.648. The van der Waals surface area contributed by atoms with Crippen LogP contribution in [0.15, 0.2) is 0 Å². The maximum atomic E-state index is 12.0. The molecule has 0 radical (unpaired) electrons. The van der Waals surface area contributed by atoms with Crippen molar-refractivity contribution in [3.05, 3.63) is 0 Å². The smallest absolute Gasteiger partial charge is 0.317 e. The van der Waals surface area contributed by atoms with Gasteiger partial charge in [0.2, 0.25) is 0 Å². The normalized spacial score (nSPS) is 25.4. The Morgan fingerprint density at radius 1 is 1.36 bits per heavy atom. The number of urea groups is 1. The number of carbonyl (C=O) groups is 2. The van der Waals surface area contributed by atoms with Crippen molar-refractivity contribution in [2.75, 3.05) is 26.8 Å². The molecule has 1 atom stereocenters. The lowest BCUT2D eigenvalue weighted by Gasteiger charge is -2.42. The van der Waals surface area contributed by atoms with Gasteiger partial charge >= 0.3 is 12.0 Å². The Morgan fingerprint density at radius 2 is 2.05 bits per heavy atom. The Labute approximate surface area is 131 Å². The number of methoxy groups -OCH3 is 1. The van der Waals surface area contributed by atoms with Gasteiger partial charge < -0.3 is 20.5 Å². The van der Waals surface area contributed by atoms with Crippen LogP contribution in [0.3, 0.4) is 0 Å². The van der Waals surface area contributed by atoms with Crippen molar-refractivity contribution in [2.24, 2.45) is 5.92 Å². The average molecular weight is 313 g/mol. The van der Waals surface area contributed by atoms with E-state index in [0.717, 1.165) is 25.7 Å². The minimum atomic E-state index is -0.803. The van der Waals surface area contributed by atoms with E-state index in [-0.39, 0.29) is 30.7 Å². The largest absolute Gasteiger partial charge is 0.480 e. The van der Waals surface area contributed by atoms with Crippen molar-refractivity contribution in [1.82, 2.24) is 15.5 Å². The summed E-state index contributed by atoms with van der Waals surface area (Å²) in [6, 6.07) is 0.346. The zero-order valence-corrected chi connectivity index (χ0v) is 13.4. The maximum Gasteiger partial charge on any atom is 0.317 e. The molecular formula is C15H27N3O4. The molecule has 0 aromatic rings. The van der Waals surface area contributed by atoms with Gasteiger partial charge in [-0.15, -0.1) is 0 Å². The molecule has 7 nitrogen and oxygen atoms in total. The van der Waals surface area contributed by atoms with Crippen molar-refractivity contribution < 1.29 is 19.4 Å². The van der Waals surface area contributed by atoms with E-state index in [4.69, 9.17) is 9.84 Å². The van der Waals surface area contributed by atoms with Gasteiger partial charge in [-0.2, -0.15) is 0 Å². The van der Waals surface area contributed by atoms with Gasteiger partial charge in [0.1, 0.15) is 0 Å². The summed E-state index contributed by atoms with van der Waals surface area (Å²) in [4.78, 5) is 24.7. The van der Waals surface area contributed by atoms with Gasteiger partial charge in [-0.1, -0.05) is 6.92 Å². The number of carboxylic acid groups (broad SMARTS) is 1. The van der Waals surface area contributed by atoms with Gasteiger partial charge in [0, 0.05) is 19.2 Å². The van der Waals surface area contributed by atoms with E-state index >= 15 is 0 Å². The van der Waals surface area contributed by atoms with E-state index in [0.29, 0.717) is 19.1 Å². The molecule has 2 amide bonds. The molecule has 1 unspecified atom stereocenters. The van der Waals surface area contributed by atoms with Crippen LogP contribution in [0.4, 0.5) is 4.79 Å². The first-order valence-corrected chi connectivity index (χ1v) is 8.05. The Kier molecular flexibility index (Phi) is 6.02. The Morgan fingerprint density at radius 3 is 2.55 bits per heavy atom. The summed E-state index contributed by atoms with van der Waals surface area (Å²) in [7, 11) is 1.65. The van der Waals surface area contributed by atoms with Gasteiger partial charge in [0.15, 0.2) is 0 Å². The van der Waals surface area contributed by atoms with Crippen molar-refractivity contribution in [3.8, 4) is 0 Å². The average Bonchev–Trinajstić information content (AvgIpc) is 3.24. The van der Waals surface area contributed by atoms with Crippen molar-refractivity contribution >= 4 is 12.0 Å².